The van der Waals surface area contributed by atoms with E-state index >= 15 is 0 Å². The van der Waals surface area contributed by atoms with Crippen molar-refractivity contribution in [3.05, 3.63) is 18.3 Å². The van der Waals surface area contributed by atoms with Crippen molar-refractivity contribution < 1.29 is 9.53 Å². The summed E-state index contributed by atoms with van der Waals surface area (Å²) in [7, 11) is 1.56. The maximum atomic E-state index is 11.6. The molecular formula is C12H18N2O2. The number of anilines is 1. The summed E-state index contributed by atoms with van der Waals surface area (Å²) in [4.78, 5) is 15.6. The van der Waals surface area contributed by atoms with E-state index in [2.05, 4.69) is 10.3 Å². The number of pyridine rings is 1. The Labute approximate surface area is 96.0 Å². The second kappa shape index (κ2) is 4.96. The molecule has 0 aromatic carbocycles. The minimum absolute atomic E-state index is 0.000494. The highest BCUT2D eigenvalue weighted by Crippen LogP contribution is 2.19. The van der Waals surface area contributed by atoms with Crippen LogP contribution in [-0.4, -0.2) is 18.0 Å². The Hall–Kier alpha value is -1.58. The van der Waals surface area contributed by atoms with Gasteiger partial charge in [-0.1, -0.05) is 20.8 Å². The molecule has 1 aromatic rings. The van der Waals surface area contributed by atoms with E-state index in [1.165, 1.54) is 0 Å². The van der Waals surface area contributed by atoms with E-state index < -0.39 is 0 Å². The van der Waals surface area contributed by atoms with Crippen molar-refractivity contribution in [3.63, 3.8) is 0 Å². The lowest BCUT2D eigenvalue weighted by Crippen LogP contribution is -2.19. The molecule has 0 aliphatic heterocycles. The topological polar surface area (TPSA) is 51.2 Å². The molecule has 0 radical (unpaired) electrons. The zero-order valence-corrected chi connectivity index (χ0v) is 10.2. The monoisotopic (exact) mass is 222 g/mol. The van der Waals surface area contributed by atoms with Crippen LogP contribution in [0.1, 0.15) is 27.2 Å². The smallest absolute Gasteiger partial charge is 0.224 e. The van der Waals surface area contributed by atoms with Crippen LogP contribution in [0.4, 0.5) is 5.69 Å². The van der Waals surface area contributed by atoms with Crippen LogP contribution in [0.2, 0.25) is 0 Å². The largest absolute Gasteiger partial charge is 0.481 e. The Morgan fingerprint density at radius 1 is 1.44 bits per heavy atom. The van der Waals surface area contributed by atoms with E-state index in [9.17, 15) is 4.79 Å². The van der Waals surface area contributed by atoms with Gasteiger partial charge in [0, 0.05) is 12.5 Å². The third-order valence-electron chi connectivity index (χ3n) is 1.92. The van der Waals surface area contributed by atoms with E-state index in [1.54, 1.807) is 25.4 Å². The lowest BCUT2D eigenvalue weighted by molar-refractivity contribution is -0.117. The van der Waals surface area contributed by atoms with Gasteiger partial charge in [-0.3, -0.25) is 4.79 Å². The fraction of sp³-hybridized carbons (Fsp3) is 0.500. The quantitative estimate of drug-likeness (QED) is 0.854. The lowest BCUT2D eigenvalue weighted by atomic mass is 9.92. The number of carbonyl (C=O) groups is 1. The Morgan fingerprint density at radius 2 is 2.12 bits per heavy atom. The number of amides is 1. The van der Waals surface area contributed by atoms with E-state index in [0.717, 1.165) is 0 Å². The molecule has 1 heterocycles. The second-order valence-electron chi connectivity index (χ2n) is 4.87. The van der Waals surface area contributed by atoms with Crippen LogP contribution in [0, 0.1) is 5.41 Å². The van der Waals surface area contributed by atoms with Gasteiger partial charge >= 0.3 is 0 Å². The molecule has 1 N–H and O–H groups in total. The zero-order chi connectivity index (χ0) is 12.2. The standard InChI is InChI=1S/C12H18N2O2/c1-12(2,3)7-10(15)14-9-5-6-11(16-4)13-8-9/h5-6,8H,7H2,1-4H3,(H,14,15). The van der Waals surface area contributed by atoms with Gasteiger partial charge in [0.15, 0.2) is 0 Å². The van der Waals surface area contributed by atoms with Crippen molar-refractivity contribution in [1.29, 1.82) is 0 Å². The van der Waals surface area contributed by atoms with Crippen LogP contribution in [0.15, 0.2) is 18.3 Å². The van der Waals surface area contributed by atoms with Crippen LogP contribution in [0.3, 0.4) is 0 Å². The van der Waals surface area contributed by atoms with Gasteiger partial charge in [-0.15, -0.1) is 0 Å². The first kappa shape index (κ1) is 12.5. The number of rotatable bonds is 3. The summed E-state index contributed by atoms with van der Waals surface area (Å²) in [5.41, 5.74) is 0.680. The molecule has 0 spiro atoms. The number of aromatic nitrogens is 1. The van der Waals surface area contributed by atoms with Crippen molar-refractivity contribution in [2.75, 3.05) is 12.4 Å². The molecule has 1 aromatic heterocycles. The van der Waals surface area contributed by atoms with Gasteiger partial charge in [0.25, 0.3) is 0 Å². The first-order valence-electron chi connectivity index (χ1n) is 5.20. The molecule has 0 saturated carbocycles. The highest BCUT2D eigenvalue weighted by molar-refractivity contribution is 5.90. The van der Waals surface area contributed by atoms with Crippen LogP contribution in [0.25, 0.3) is 0 Å². The van der Waals surface area contributed by atoms with E-state index in [0.29, 0.717) is 18.0 Å². The van der Waals surface area contributed by atoms with Gasteiger partial charge in [0.1, 0.15) is 0 Å². The molecule has 0 bridgehead atoms. The molecule has 4 heteroatoms. The molecule has 4 nitrogen and oxygen atoms in total. The third kappa shape index (κ3) is 4.29. The fourth-order valence-corrected chi connectivity index (χ4v) is 1.26. The van der Waals surface area contributed by atoms with Crippen molar-refractivity contribution in [2.45, 2.75) is 27.2 Å². The highest BCUT2D eigenvalue weighted by atomic mass is 16.5. The average Bonchev–Trinajstić information content (AvgIpc) is 2.16. The SMILES string of the molecule is COc1ccc(NC(=O)CC(C)(C)C)cn1. The first-order valence-corrected chi connectivity index (χ1v) is 5.20. The van der Waals surface area contributed by atoms with Crippen molar-refractivity contribution >= 4 is 11.6 Å². The third-order valence-corrected chi connectivity index (χ3v) is 1.92. The molecule has 0 aliphatic carbocycles. The molecule has 1 amide bonds. The molecule has 0 aliphatic rings. The fourth-order valence-electron chi connectivity index (χ4n) is 1.26. The Morgan fingerprint density at radius 3 is 2.56 bits per heavy atom. The molecular weight excluding hydrogens is 204 g/mol. The number of hydrogen-bond donors (Lipinski definition) is 1. The van der Waals surface area contributed by atoms with Crippen LogP contribution < -0.4 is 10.1 Å². The zero-order valence-electron chi connectivity index (χ0n) is 10.2. The molecule has 0 fully saturated rings. The maximum absolute atomic E-state index is 11.6. The van der Waals surface area contributed by atoms with Gasteiger partial charge in [0.2, 0.25) is 11.8 Å². The van der Waals surface area contributed by atoms with E-state index in [4.69, 9.17) is 4.74 Å². The van der Waals surface area contributed by atoms with Gasteiger partial charge in [-0.2, -0.15) is 0 Å². The molecule has 88 valence electrons. The lowest BCUT2D eigenvalue weighted by Gasteiger charge is -2.17. The summed E-state index contributed by atoms with van der Waals surface area (Å²) >= 11 is 0. The number of nitrogens with zero attached hydrogens (tertiary/aromatic N) is 1. The van der Waals surface area contributed by atoms with Gasteiger partial charge in [-0.05, 0) is 11.5 Å². The van der Waals surface area contributed by atoms with E-state index in [1.807, 2.05) is 20.8 Å². The van der Waals surface area contributed by atoms with Crippen LogP contribution in [-0.2, 0) is 4.79 Å². The normalized spacial score (nSPS) is 11.0. The number of methoxy groups -OCH3 is 1. The molecule has 0 atom stereocenters. The second-order valence-corrected chi connectivity index (χ2v) is 4.87. The van der Waals surface area contributed by atoms with Gasteiger partial charge in [-0.25, -0.2) is 4.98 Å². The molecule has 0 saturated heterocycles. The van der Waals surface area contributed by atoms with Gasteiger partial charge in [0.05, 0.1) is 19.0 Å². The minimum atomic E-state index is -0.00994. The minimum Gasteiger partial charge on any atom is -0.481 e. The maximum Gasteiger partial charge on any atom is 0.224 e. The summed E-state index contributed by atoms with van der Waals surface area (Å²) < 4.78 is 4.93. The van der Waals surface area contributed by atoms with Crippen LogP contribution >= 0.6 is 0 Å². The number of nitrogens with one attached hydrogen (secondary N) is 1. The molecule has 1 rings (SSSR count). The predicted molar refractivity (Wildman–Crippen MR) is 63.5 cm³/mol. The van der Waals surface area contributed by atoms with Crippen molar-refractivity contribution in [1.82, 2.24) is 4.98 Å². The summed E-state index contributed by atoms with van der Waals surface area (Å²) in [6.45, 7) is 6.08. The number of carbonyl (C=O) groups excluding carboxylic acids is 1. The molecule has 16 heavy (non-hydrogen) atoms. The average molecular weight is 222 g/mol. The summed E-state index contributed by atoms with van der Waals surface area (Å²) in [6.07, 6.45) is 2.07. The predicted octanol–water partition coefficient (Wildman–Crippen LogP) is 2.46. The van der Waals surface area contributed by atoms with Crippen LogP contribution in [0.5, 0.6) is 5.88 Å². The summed E-state index contributed by atoms with van der Waals surface area (Å²) in [5, 5.41) is 2.79. The highest BCUT2D eigenvalue weighted by Gasteiger charge is 2.15. The van der Waals surface area contributed by atoms with Gasteiger partial charge < -0.3 is 10.1 Å². The Kier molecular flexibility index (Phi) is 3.88. The number of hydrogen-bond acceptors (Lipinski definition) is 3. The van der Waals surface area contributed by atoms with Crippen molar-refractivity contribution in [3.8, 4) is 5.88 Å². The first-order chi connectivity index (χ1) is 7.40. The Bertz CT molecular complexity index is 352. The summed E-state index contributed by atoms with van der Waals surface area (Å²) in [5.74, 6) is 0.535. The molecule has 0 unspecified atom stereocenters. The van der Waals surface area contributed by atoms with E-state index in [-0.39, 0.29) is 11.3 Å². The Balaban J connectivity index is 2.56. The summed E-state index contributed by atoms with van der Waals surface area (Å²) in [6, 6.07) is 3.49. The van der Waals surface area contributed by atoms with Crippen molar-refractivity contribution in [2.24, 2.45) is 5.41 Å². The number of ether oxygens (including phenoxy) is 1.